The Balaban J connectivity index is 2.02. The molecule has 0 amide bonds. The first-order valence-electron chi connectivity index (χ1n) is 6.09. The molecular formula is C13H12N4O2S2. The highest BCUT2D eigenvalue weighted by molar-refractivity contribution is 7.94. The Bertz CT molecular complexity index is 840. The standard InChI is InChI=1S/C13H12N4O2S2/c1-9-12(10-4-6-14-7-5-10)13(16-15-9)17-21(18,19)11-3-2-8-20-11/h2-8H,1H3,(H2,15,16,17). The van der Waals surface area contributed by atoms with Gasteiger partial charge in [0.2, 0.25) is 0 Å². The second-order valence-corrected chi connectivity index (χ2v) is 7.20. The molecule has 0 saturated carbocycles. The van der Waals surface area contributed by atoms with Gasteiger partial charge in [0.25, 0.3) is 10.0 Å². The quantitative estimate of drug-likeness (QED) is 0.773. The molecule has 0 aliphatic rings. The predicted octanol–water partition coefficient (Wildman–Crippen LogP) is 2.64. The summed E-state index contributed by atoms with van der Waals surface area (Å²) in [5.41, 5.74) is 2.35. The first-order valence-corrected chi connectivity index (χ1v) is 8.46. The van der Waals surface area contributed by atoms with Crippen LogP contribution in [0.2, 0.25) is 0 Å². The van der Waals surface area contributed by atoms with Crippen LogP contribution in [-0.4, -0.2) is 23.6 Å². The van der Waals surface area contributed by atoms with Gasteiger partial charge in [0.1, 0.15) is 4.21 Å². The maximum atomic E-state index is 12.3. The number of aromatic amines is 1. The van der Waals surface area contributed by atoms with Gasteiger partial charge in [-0.05, 0) is 36.1 Å². The molecular weight excluding hydrogens is 308 g/mol. The molecule has 0 aliphatic heterocycles. The van der Waals surface area contributed by atoms with Crippen molar-refractivity contribution in [3.05, 3.63) is 47.7 Å². The summed E-state index contributed by atoms with van der Waals surface area (Å²) in [6.07, 6.45) is 3.30. The van der Waals surface area contributed by atoms with E-state index in [-0.39, 0.29) is 10.0 Å². The zero-order chi connectivity index (χ0) is 14.9. The molecule has 0 aromatic carbocycles. The molecule has 0 saturated heterocycles. The Morgan fingerprint density at radius 1 is 1.24 bits per heavy atom. The van der Waals surface area contributed by atoms with Crippen molar-refractivity contribution >= 4 is 27.2 Å². The molecule has 0 spiro atoms. The fraction of sp³-hybridized carbons (Fsp3) is 0.0769. The second-order valence-electron chi connectivity index (χ2n) is 4.35. The van der Waals surface area contributed by atoms with E-state index >= 15 is 0 Å². The molecule has 3 rings (SSSR count). The van der Waals surface area contributed by atoms with E-state index in [0.29, 0.717) is 0 Å². The molecule has 8 heteroatoms. The summed E-state index contributed by atoms with van der Waals surface area (Å²) in [4.78, 5) is 3.96. The number of aryl methyl sites for hydroxylation is 1. The van der Waals surface area contributed by atoms with Crippen molar-refractivity contribution in [3.63, 3.8) is 0 Å². The van der Waals surface area contributed by atoms with Crippen molar-refractivity contribution in [2.24, 2.45) is 0 Å². The van der Waals surface area contributed by atoms with Gasteiger partial charge in [-0.3, -0.25) is 14.8 Å². The maximum Gasteiger partial charge on any atom is 0.272 e. The van der Waals surface area contributed by atoms with Crippen LogP contribution in [0, 0.1) is 6.92 Å². The van der Waals surface area contributed by atoms with Crippen LogP contribution in [0.25, 0.3) is 11.1 Å². The Morgan fingerprint density at radius 2 is 2.00 bits per heavy atom. The summed E-state index contributed by atoms with van der Waals surface area (Å²) in [7, 11) is -3.62. The van der Waals surface area contributed by atoms with Crippen LogP contribution < -0.4 is 4.72 Å². The maximum absolute atomic E-state index is 12.3. The van der Waals surface area contributed by atoms with Crippen LogP contribution in [-0.2, 0) is 10.0 Å². The van der Waals surface area contributed by atoms with Crippen LogP contribution in [0.4, 0.5) is 5.82 Å². The van der Waals surface area contributed by atoms with Gasteiger partial charge in [0.15, 0.2) is 5.82 Å². The number of nitrogens with one attached hydrogen (secondary N) is 2. The molecule has 0 atom stereocenters. The highest BCUT2D eigenvalue weighted by Gasteiger charge is 2.20. The zero-order valence-corrected chi connectivity index (χ0v) is 12.7. The monoisotopic (exact) mass is 320 g/mol. The van der Waals surface area contributed by atoms with E-state index in [4.69, 9.17) is 0 Å². The summed E-state index contributed by atoms with van der Waals surface area (Å²) in [6.45, 7) is 1.84. The van der Waals surface area contributed by atoms with Crippen LogP contribution >= 0.6 is 11.3 Å². The molecule has 108 valence electrons. The van der Waals surface area contributed by atoms with Crippen molar-refractivity contribution in [3.8, 4) is 11.1 Å². The zero-order valence-electron chi connectivity index (χ0n) is 11.1. The van der Waals surface area contributed by atoms with Gasteiger partial charge in [-0.25, -0.2) is 8.42 Å². The first-order chi connectivity index (χ1) is 10.1. The molecule has 3 heterocycles. The Labute approximate surface area is 125 Å². The van der Waals surface area contributed by atoms with Gasteiger partial charge in [0, 0.05) is 23.7 Å². The number of nitrogens with zero attached hydrogens (tertiary/aromatic N) is 2. The second kappa shape index (κ2) is 5.30. The number of hydrogen-bond acceptors (Lipinski definition) is 5. The number of anilines is 1. The van der Waals surface area contributed by atoms with Gasteiger partial charge >= 0.3 is 0 Å². The summed E-state index contributed by atoms with van der Waals surface area (Å²) in [5.74, 6) is 0.284. The fourth-order valence-electron chi connectivity index (χ4n) is 1.97. The van der Waals surface area contributed by atoms with Crippen molar-refractivity contribution in [1.82, 2.24) is 15.2 Å². The lowest BCUT2D eigenvalue weighted by molar-refractivity contribution is 0.603. The Morgan fingerprint density at radius 3 is 2.67 bits per heavy atom. The molecule has 6 nitrogen and oxygen atoms in total. The van der Waals surface area contributed by atoms with Gasteiger partial charge < -0.3 is 0 Å². The number of pyridine rings is 1. The van der Waals surface area contributed by atoms with Crippen molar-refractivity contribution in [2.75, 3.05) is 4.72 Å². The lowest BCUT2D eigenvalue weighted by Gasteiger charge is -2.06. The Kier molecular flexibility index (Phi) is 3.48. The van der Waals surface area contributed by atoms with E-state index in [1.54, 1.807) is 42.0 Å². The topological polar surface area (TPSA) is 87.7 Å². The summed E-state index contributed by atoms with van der Waals surface area (Å²) in [6, 6.07) is 6.86. The molecule has 0 aliphatic carbocycles. The number of H-pyrrole nitrogens is 1. The van der Waals surface area contributed by atoms with E-state index < -0.39 is 10.0 Å². The van der Waals surface area contributed by atoms with Gasteiger partial charge in [-0.1, -0.05) is 6.07 Å². The highest BCUT2D eigenvalue weighted by Crippen LogP contribution is 2.30. The average Bonchev–Trinajstić information content (AvgIpc) is 3.10. The molecule has 0 bridgehead atoms. The summed E-state index contributed by atoms with van der Waals surface area (Å²) in [5, 5.41) is 8.58. The fourth-order valence-corrected chi connectivity index (χ4v) is 3.98. The van der Waals surface area contributed by atoms with Crippen molar-refractivity contribution in [1.29, 1.82) is 0 Å². The van der Waals surface area contributed by atoms with E-state index in [2.05, 4.69) is 19.9 Å². The molecule has 21 heavy (non-hydrogen) atoms. The lowest BCUT2D eigenvalue weighted by Crippen LogP contribution is -2.12. The smallest absolute Gasteiger partial charge is 0.272 e. The average molecular weight is 320 g/mol. The molecule has 3 aromatic heterocycles. The molecule has 0 radical (unpaired) electrons. The first kappa shape index (κ1) is 13.8. The third kappa shape index (κ3) is 2.67. The van der Waals surface area contributed by atoms with E-state index in [9.17, 15) is 8.42 Å². The highest BCUT2D eigenvalue weighted by atomic mass is 32.2. The van der Waals surface area contributed by atoms with Crippen molar-refractivity contribution in [2.45, 2.75) is 11.1 Å². The van der Waals surface area contributed by atoms with Crippen LogP contribution in [0.5, 0.6) is 0 Å². The number of rotatable bonds is 4. The summed E-state index contributed by atoms with van der Waals surface area (Å²) >= 11 is 1.16. The van der Waals surface area contributed by atoms with E-state index in [1.807, 2.05) is 6.92 Å². The minimum absolute atomic E-state index is 0.254. The minimum atomic E-state index is -3.62. The van der Waals surface area contributed by atoms with Crippen LogP contribution in [0.3, 0.4) is 0 Å². The number of thiophene rings is 1. The third-order valence-corrected chi connectivity index (χ3v) is 5.64. The van der Waals surface area contributed by atoms with Gasteiger partial charge in [0.05, 0.1) is 0 Å². The normalized spacial score (nSPS) is 11.5. The van der Waals surface area contributed by atoms with Crippen LogP contribution in [0.1, 0.15) is 5.69 Å². The minimum Gasteiger partial charge on any atom is -0.280 e. The molecule has 3 aromatic rings. The van der Waals surface area contributed by atoms with Gasteiger partial charge in [-0.15, -0.1) is 11.3 Å². The largest absolute Gasteiger partial charge is 0.280 e. The van der Waals surface area contributed by atoms with Crippen molar-refractivity contribution < 1.29 is 8.42 Å². The van der Waals surface area contributed by atoms with Gasteiger partial charge in [-0.2, -0.15) is 5.10 Å². The molecule has 0 unspecified atom stereocenters. The Hall–Kier alpha value is -2.19. The summed E-state index contributed by atoms with van der Waals surface area (Å²) < 4.78 is 27.4. The number of aromatic nitrogens is 3. The molecule has 2 N–H and O–H groups in total. The third-order valence-electron chi connectivity index (χ3n) is 2.91. The number of sulfonamides is 1. The number of hydrogen-bond donors (Lipinski definition) is 2. The van der Waals surface area contributed by atoms with E-state index in [0.717, 1.165) is 28.2 Å². The van der Waals surface area contributed by atoms with E-state index in [1.165, 1.54) is 0 Å². The lowest BCUT2D eigenvalue weighted by atomic mass is 10.1. The van der Waals surface area contributed by atoms with Crippen LogP contribution in [0.15, 0.2) is 46.2 Å². The molecule has 0 fully saturated rings. The SMILES string of the molecule is Cc1[nH]nc(NS(=O)(=O)c2cccs2)c1-c1ccncc1. The predicted molar refractivity (Wildman–Crippen MR) is 81.7 cm³/mol.